The van der Waals surface area contributed by atoms with E-state index < -0.39 is 11.9 Å². The van der Waals surface area contributed by atoms with Crippen LogP contribution in [0.4, 0.5) is 4.79 Å². The molecule has 0 bridgehead atoms. The molecule has 0 aliphatic rings. The van der Waals surface area contributed by atoms with E-state index >= 15 is 0 Å². The van der Waals surface area contributed by atoms with Crippen LogP contribution in [0.15, 0.2) is 41.8 Å². The van der Waals surface area contributed by atoms with Crippen molar-refractivity contribution >= 4 is 23.7 Å². The summed E-state index contributed by atoms with van der Waals surface area (Å²) in [7, 11) is 0. The van der Waals surface area contributed by atoms with Crippen LogP contribution in [0.3, 0.4) is 0 Å². The van der Waals surface area contributed by atoms with Gasteiger partial charge in [-0.15, -0.1) is 18.3 Å². The quantitative estimate of drug-likeness (QED) is 0.557. The molecule has 1 aromatic carbocycles. The van der Waals surface area contributed by atoms with Gasteiger partial charge in [0, 0.05) is 11.4 Å². The third-order valence-electron chi connectivity index (χ3n) is 1.85. The van der Waals surface area contributed by atoms with E-state index in [1.807, 2.05) is 0 Å². The number of carbonyl (C=O) groups is 2. The van der Waals surface area contributed by atoms with Crippen molar-refractivity contribution in [1.29, 1.82) is 0 Å². The minimum atomic E-state index is -0.545. The van der Waals surface area contributed by atoms with Crippen molar-refractivity contribution in [3.8, 4) is 5.75 Å². The van der Waals surface area contributed by atoms with Crippen LogP contribution in [-0.4, -0.2) is 29.3 Å². The van der Waals surface area contributed by atoms with Crippen LogP contribution in [0.25, 0.3) is 0 Å². The Morgan fingerprint density at radius 2 is 2.22 bits per heavy atom. The number of phenolic OH excluding ortho intramolecular Hbond substituents is 1. The van der Waals surface area contributed by atoms with Gasteiger partial charge >= 0.3 is 6.03 Å². The Balaban J connectivity index is 2.33. The second kappa shape index (κ2) is 7.39. The van der Waals surface area contributed by atoms with Gasteiger partial charge in [0.2, 0.25) is 5.91 Å². The Bertz CT molecular complexity index is 449. The molecule has 0 atom stereocenters. The highest BCUT2D eigenvalue weighted by Gasteiger charge is 2.07. The maximum absolute atomic E-state index is 11.4. The molecule has 5 nitrogen and oxygen atoms in total. The van der Waals surface area contributed by atoms with Crippen molar-refractivity contribution in [2.75, 3.05) is 12.3 Å². The van der Waals surface area contributed by atoms with E-state index in [4.69, 9.17) is 0 Å². The third kappa shape index (κ3) is 5.40. The van der Waals surface area contributed by atoms with Gasteiger partial charge in [-0.2, -0.15) is 0 Å². The maximum atomic E-state index is 11.4. The first-order valence-corrected chi connectivity index (χ1v) is 6.21. The third-order valence-corrected chi connectivity index (χ3v) is 2.84. The minimum Gasteiger partial charge on any atom is -0.508 e. The highest BCUT2D eigenvalue weighted by molar-refractivity contribution is 8.00. The minimum absolute atomic E-state index is 0.102. The molecule has 3 N–H and O–H groups in total. The van der Waals surface area contributed by atoms with Crippen LogP contribution in [-0.2, 0) is 4.79 Å². The zero-order valence-corrected chi connectivity index (χ0v) is 10.5. The molecule has 6 heteroatoms. The average molecular weight is 266 g/mol. The SMILES string of the molecule is C=CCNC(=O)NC(=O)CSc1cccc(O)c1. The fourth-order valence-electron chi connectivity index (χ4n) is 1.09. The molecular weight excluding hydrogens is 252 g/mol. The summed E-state index contributed by atoms with van der Waals surface area (Å²) in [6.07, 6.45) is 1.52. The van der Waals surface area contributed by atoms with E-state index in [0.717, 1.165) is 4.90 Å². The van der Waals surface area contributed by atoms with Crippen LogP contribution in [0.5, 0.6) is 5.75 Å². The highest BCUT2D eigenvalue weighted by Crippen LogP contribution is 2.21. The average Bonchev–Trinajstić information content (AvgIpc) is 2.34. The van der Waals surface area contributed by atoms with E-state index in [1.54, 1.807) is 24.3 Å². The molecule has 1 aromatic rings. The molecule has 0 aromatic heterocycles. The Morgan fingerprint density at radius 3 is 2.89 bits per heavy atom. The Kier molecular flexibility index (Phi) is 5.79. The summed E-state index contributed by atoms with van der Waals surface area (Å²) in [5.41, 5.74) is 0. The molecule has 0 heterocycles. The van der Waals surface area contributed by atoms with Gasteiger partial charge in [0.25, 0.3) is 0 Å². The number of imide groups is 1. The molecule has 0 spiro atoms. The molecule has 0 radical (unpaired) electrons. The van der Waals surface area contributed by atoms with Crippen molar-refractivity contribution in [3.63, 3.8) is 0 Å². The van der Waals surface area contributed by atoms with Crippen LogP contribution < -0.4 is 10.6 Å². The van der Waals surface area contributed by atoms with Gasteiger partial charge in [-0.1, -0.05) is 12.1 Å². The first-order valence-electron chi connectivity index (χ1n) is 5.22. The summed E-state index contributed by atoms with van der Waals surface area (Å²) in [5, 5.41) is 13.8. The second-order valence-electron chi connectivity index (χ2n) is 3.33. The van der Waals surface area contributed by atoms with E-state index in [0.29, 0.717) is 6.54 Å². The van der Waals surface area contributed by atoms with Crippen molar-refractivity contribution < 1.29 is 14.7 Å². The summed E-state index contributed by atoms with van der Waals surface area (Å²) in [5.74, 6) is -0.153. The highest BCUT2D eigenvalue weighted by atomic mass is 32.2. The molecule has 0 saturated carbocycles. The number of nitrogens with one attached hydrogen (secondary N) is 2. The number of rotatable bonds is 5. The van der Waals surface area contributed by atoms with Gasteiger partial charge in [-0.3, -0.25) is 10.1 Å². The normalized spacial score (nSPS) is 9.56. The van der Waals surface area contributed by atoms with Gasteiger partial charge in [-0.05, 0) is 18.2 Å². The molecule has 1 rings (SSSR count). The molecule has 0 fully saturated rings. The molecule has 0 unspecified atom stereocenters. The predicted octanol–water partition coefficient (Wildman–Crippen LogP) is 1.50. The van der Waals surface area contributed by atoms with Crippen molar-refractivity contribution in [1.82, 2.24) is 10.6 Å². The zero-order valence-electron chi connectivity index (χ0n) is 9.68. The molecule has 96 valence electrons. The lowest BCUT2D eigenvalue weighted by Crippen LogP contribution is -2.40. The number of benzene rings is 1. The van der Waals surface area contributed by atoms with E-state index in [9.17, 15) is 14.7 Å². The van der Waals surface area contributed by atoms with E-state index in [-0.39, 0.29) is 11.5 Å². The Hall–Kier alpha value is -1.95. The number of thioether (sulfide) groups is 1. The number of aromatic hydroxyl groups is 1. The van der Waals surface area contributed by atoms with Gasteiger partial charge in [0.15, 0.2) is 0 Å². The van der Waals surface area contributed by atoms with Crippen LogP contribution >= 0.6 is 11.8 Å². The second-order valence-corrected chi connectivity index (χ2v) is 4.38. The van der Waals surface area contributed by atoms with E-state index in [1.165, 1.54) is 17.8 Å². The number of carbonyl (C=O) groups excluding carboxylic acids is 2. The smallest absolute Gasteiger partial charge is 0.321 e. The zero-order chi connectivity index (χ0) is 13.4. The summed E-state index contributed by atoms with van der Waals surface area (Å²) in [6.45, 7) is 3.75. The van der Waals surface area contributed by atoms with Crippen molar-refractivity contribution in [2.45, 2.75) is 4.90 Å². The Labute approximate surface area is 109 Å². The molecule has 0 aliphatic heterocycles. The lowest BCUT2D eigenvalue weighted by atomic mass is 10.3. The van der Waals surface area contributed by atoms with Crippen LogP contribution in [0, 0.1) is 0 Å². The van der Waals surface area contributed by atoms with E-state index in [2.05, 4.69) is 17.2 Å². The fraction of sp³-hybridized carbons (Fsp3) is 0.167. The summed E-state index contributed by atoms with van der Waals surface area (Å²) >= 11 is 1.24. The van der Waals surface area contributed by atoms with Gasteiger partial charge in [0.1, 0.15) is 5.75 Å². The molecule has 0 aliphatic carbocycles. The number of urea groups is 1. The van der Waals surface area contributed by atoms with Crippen molar-refractivity contribution in [3.05, 3.63) is 36.9 Å². The summed E-state index contributed by atoms with van der Waals surface area (Å²) in [6, 6.07) is 6.01. The fourth-order valence-corrected chi connectivity index (χ4v) is 1.84. The molecule has 3 amide bonds. The number of amides is 3. The van der Waals surface area contributed by atoms with Crippen molar-refractivity contribution in [2.24, 2.45) is 0 Å². The lowest BCUT2D eigenvalue weighted by molar-refractivity contribution is -0.117. The van der Waals surface area contributed by atoms with Gasteiger partial charge in [-0.25, -0.2) is 4.79 Å². The van der Waals surface area contributed by atoms with Crippen LogP contribution in [0.1, 0.15) is 0 Å². The largest absolute Gasteiger partial charge is 0.508 e. The van der Waals surface area contributed by atoms with Crippen LogP contribution in [0.2, 0.25) is 0 Å². The Morgan fingerprint density at radius 1 is 1.44 bits per heavy atom. The summed E-state index contributed by atoms with van der Waals surface area (Å²) in [4.78, 5) is 23.3. The molecule has 0 saturated heterocycles. The maximum Gasteiger partial charge on any atom is 0.321 e. The molecular formula is C12H14N2O3S. The standard InChI is InChI=1S/C12H14N2O3S/c1-2-6-13-12(17)14-11(16)8-18-10-5-3-4-9(15)7-10/h2-5,7,15H,1,6,8H2,(H2,13,14,16,17). The van der Waals surface area contributed by atoms with Gasteiger partial charge in [0.05, 0.1) is 5.75 Å². The predicted molar refractivity (Wildman–Crippen MR) is 70.6 cm³/mol. The number of phenols is 1. The first-order chi connectivity index (χ1) is 8.61. The number of hydrogen-bond acceptors (Lipinski definition) is 4. The molecule has 18 heavy (non-hydrogen) atoms. The monoisotopic (exact) mass is 266 g/mol. The topological polar surface area (TPSA) is 78.4 Å². The summed E-state index contributed by atoms with van der Waals surface area (Å²) < 4.78 is 0. The number of hydrogen-bond donors (Lipinski definition) is 3. The van der Waals surface area contributed by atoms with Gasteiger partial charge < -0.3 is 10.4 Å². The first kappa shape index (κ1) is 14.1. The lowest BCUT2D eigenvalue weighted by Gasteiger charge is -2.05.